The Hall–Kier alpha value is -0.210. The number of pyridine rings is 1. The highest BCUT2D eigenvalue weighted by molar-refractivity contribution is 9.10. The van der Waals surface area contributed by atoms with Crippen LogP contribution < -0.4 is 4.72 Å². The number of rotatable bonds is 6. The van der Waals surface area contributed by atoms with Gasteiger partial charge in [-0.3, -0.25) is 0 Å². The van der Waals surface area contributed by atoms with E-state index in [1.165, 1.54) is 25.1 Å². The Morgan fingerprint density at radius 2 is 2.26 bits per heavy atom. The molecule has 0 aromatic carbocycles. The maximum atomic E-state index is 12.1. The lowest BCUT2D eigenvalue weighted by molar-refractivity contribution is 0.329. The Morgan fingerprint density at radius 1 is 1.58 bits per heavy atom. The number of aromatic nitrogens is 1. The fraction of sp³-hybridized carbons (Fsp3) is 0.545. The molecule has 1 N–H and O–H groups in total. The number of nitrogens with zero attached hydrogens (tertiary/aromatic N) is 2. The fourth-order valence-electron chi connectivity index (χ4n) is 1.72. The van der Waals surface area contributed by atoms with E-state index in [4.69, 9.17) is 11.6 Å². The van der Waals surface area contributed by atoms with Crippen molar-refractivity contribution in [1.82, 2.24) is 14.6 Å². The lowest BCUT2D eigenvalue weighted by Gasteiger charge is -2.16. The molecular weight excluding hydrogens is 354 g/mol. The molecule has 1 saturated carbocycles. The van der Waals surface area contributed by atoms with E-state index >= 15 is 0 Å². The predicted octanol–water partition coefficient (Wildman–Crippen LogP) is 1.87. The summed E-state index contributed by atoms with van der Waals surface area (Å²) < 4.78 is 27.3. The first-order valence-corrected chi connectivity index (χ1v) is 8.56. The smallest absolute Gasteiger partial charge is 0.243 e. The lowest BCUT2D eigenvalue weighted by atomic mass is 10.5. The van der Waals surface area contributed by atoms with E-state index in [-0.39, 0.29) is 10.0 Å². The van der Waals surface area contributed by atoms with Crippen LogP contribution in [0.1, 0.15) is 12.8 Å². The molecule has 1 aliphatic rings. The molecule has 2 rings (SSSR count). The molecule has 1 aromatic rings. The molecular formula is C11H15BrClN3O2S. The van der Waals surface area contributed by atoms with Crippen LogP contribution in [-0.2, 0) is 10.0 Å². The van der Waals surface area contributed by atoms with Crippen LogP contribution in [0.3, 0.4) is 0 Å². The molecule has 1 heterocycles. The van der Waals surface area contributed by atoms with Gasteiger partial charge in [0.05, 0.1) is 0 Å². The van der Waals surface area contributed by atoms with Crippen molar-refractivity contribution in [1.29, 1.82) is 0 Å². The summed E-state index contributed by atoms with van der Waals surface area (Å²) in [5.41, 5.74) is 0. The van der Waals surface area contributed by atoms with Gasteiger partial charge >= 0.3 is 0 Å². The molecule has 0 bridgehead atoms. The third kappa shape index (κ3) is 4.13. The van der Waals surface area contributed by atoms with Crippen molar-refractivity contribution in [2.75, 3.05) is 20.1 Å². The molecule has 0 radical (unpaired) electrons. The standard InChI is InChI=1S/C11H15BrClN3O2S/c1-16(9-2-3-9)5-4-15-19(17,18)10-6-8(12)7-14-11(10)13/h6-7,9,15H,2-5H2,1H3. The van der Waals surface area contributed by atoms with Gasteiger partial charge in [0.1, 0.15) is 10.0 Å². The number of hydrogen-bond acceptors (Lipinski definition) is 4. The van der Waals surface area contributed by atoms with Gasteiger partial charge in [0.15, 0.2) is 0 Å². The van der Waals surface area contributed by atoms with Gasteiger partial charge in [-0.2, -0.15) is 0 Å². The lowest BCUT2D eigenvalue weighted by Crippen LogP contribution is -2.34. The van der Waals surface area contributed by atoms with Gasteiger partial charge in [-0.1, -0.05) is 11.6 Å². The molecule has 19 heavy (non-hydrogen) atoms. The summed E-state index contributed by atoms with van der Waals surface area (Å²) in [4.78, 5) is 5.97. The van der Waals surface area contributed by atoms with Crippen molar-refractivity contribution in [3.8, 4) is 0 Å². The van der Waals surface area contributed by atoms with Gasteiger partial charge in [0, 0.05) is 29.8 Å². The van der Waals surface area contributed by atoms with E-state index in [1.54, 1.807) is 0 Å². The molecule has 0 amide bonds. The van der Waals surface area contributed by atoms with Gasteiger partial charge in [0.25, 0.3) is 0 Å². The molecule has 106 valence electrons. The Balaban J connectivity index is 1.99. The summed E-state index contributed by atoms with van der Waals surface area (Å²) in [7, 11) is -1.62. The number of halogens is 2. The highest BCUT2D eigenvalue weighted by Crippen LogP contribution is 2.25. The van der Waals surface area contributed by atoms with Crippen LogP contribution in [-0.4, -0.2) is 44.5 Å². The highest BCUT2D eigenvalue weighted by atomic mass is 79.9. The maximum Gasteiger partial charge on any atom is 0.243 e. The minimum Gasteiger partial charge on any atom is -0.302 e. The van der Waals surface area contributed by atoms with Crippen LogP contribution in [0.4, 0.5) is 0 Å². The van der Waals surface area contributed by atoms with Gasteiger partial charge in [-0.15, -0.1) is 0 Å². The van der Waals surface area contributed by atoms with Crippen molar-refractivity contribution in [3.63, 3.8) is 0 Å². The van der Waals surface area contributed by atoms with Crippen molar-refractivity contribution in [2.45, 2.75) is 23.8 Å². The molecule has 0 unspecified atom stereocenters. The molecule has 0 saturated heterocycles. The summed E-state index contributed by atoms with van der Waals surface area (Å²) in [5, 5.41) is -0.0220. The number of hydrogen-bond donors (Lipinski definition) is 1. The molecule has 1 aliphatic carbocycles. The third-order valence-electron chi connectivity index (χ3n) is 2.99. The highest BCUT2D eigenvalue weighted by Gasteiger charge is 2.26. The Morgan fingerprint density at radius 3 is 2.89 bits per heavy atom. The summed E-state index contributed by atoms with van der Waals surface area (Å²) in [6.45, 7) is 1.04. The molecule has 5 nitrogen and oxygen atoms in total. The van der Waals surface area contributed by atoms with Gasteiger partial charge in [-0.25, -0.2) is 18.1 Å². The van der Waals surface area contributed by atoms with E-state index < -0.39 is 10.0 Å². The fourth-order valence-corrected chi connectivity index (χ4v) is 3.69. The molecule has 1 aromatic heterocycles. The first kappa shape index (κ1) is 15.2. The second-order valence-electron chi connectivity index (χ2n) is 4.55. The van der Waals surface area contributed by atoms with E-state index in [0.717, 1.165) is 0 Å². The maximum absolute atomic E-state index is 12.1. The Labute approximate surface area is 126 Å². The third-order valence-corrected chi connectivity index (χ3v) is 5.31. The van der Waals surface area contributed by atoms with Crippen LogP contribution >= 0.6 is 27.5 Å². The largest absolute Gasteiger partial charge is 0.302 e. The zero-order valence-corrected chi connectivity index (χ0v) is 13.6. The van der Waals surface area contributed by atoms with Crippen LogP contribution in [0.15, 0.2) is 21.6 Å². The second-order valence-corrected chi connectivity index (χ2v) is 7.56. The van der Waals surface area contributed by atoms with Crippen LogP contribution in [0, 0.1) is 0 Å². The van der Waals surface area contributed by atoms with Crippen molar-refractivity contribution < 1.29 is 8.42 Å². The average molecular weight is 369 g/mol. The summed E-state index contributed by atoms with van der Waals surface area (Å²) >= 11 is 9.01. The first-order chi connectivity index (χ1) is 8.90. The van der Waals surface area contributed by atoms with E-state index in [0.29, 0.717) is 23.6 Å². The van der Waals surface area contributed by atoms with Crippen LogP contribution in [0.25, 0.3) is 0 Å². The topological polar surface area (TPSA) is 62.3 Å². The SMILES string of the molecule is CN(CCNS(=O)(=O)c1cc(Br)cnc1Cl)C1CC1. The Bertz CT molecular complexity index is 563. The molecule has 8 heteroatoms. The second kappa shape index (κ2) is 6.05. The molecule has 1 fully saturated rings. The zero-order chi connectivity index (χ0) is 14.0. The normalized spacial score (nSPS) is 16.0. The van der Waals surface area contributed by atoms with Gasteiger partial charge < -0.3 is 4.90 Å². The summed E-state index contributed by atoms with van der Waals surface area (Å²) in [6.07, 6.45) is 3.86. The van der Waals surface area contributed by atoms with Gasteiger partial charge in [-0.05, 0) is 41.9 Å². The average Bonchev–Trinajstić information content (AvgIpc) is 3.15. The number of nitrogens with one attached hydrogen (secondary N) is 1. The number of likely N-dealkylation sites (N-methyl/N-ethyl adjacent to an activating group) is 1. The van der Waals surface area contributed by atoms with Crippen LogP contribution in [0.2, 0.25) is 5.15 Å². The number of sulfonamides is 1. The van der Waals surface area contributed by atoms with Crippen LogP contribution in [0.5, 0.6) is 0 Å². The Kier molecular flexibility index (Phi) is 4.84. The molecule has 0 spiro atoms. The molecule has 0 aliphatic heterocycles. The molecule has 0 atom stereocenters. The van der Waals surface area contributed by atoms with Crippen molar-refractivity contribution in [3.05, 3.63) is 21.9 Å². The minimum absolute atomic E-state index is 0.00221. The minimum atomic E-state index is -3.62. The van der Waals surface area contributed by atoms with E-state index in [9.17, 15) is 8.42 Å². The summed E-state index contributed by atoms with van der Waals surface area (Å²) in [5.74, 6) is 0. The van der Waals surface area contributed by atoms with Gasteiger partial charge in [0.2, 0.25) is 10.0 Å². The van der Waals surface area contributed by atoms with Crippen molar-refractivity contribution in [2.24, 2.45) is 0 Å². The van der Waals surface area contributed by atoms with E-state index in [1.807, 2.05) is 7.05 Å². The monoisotopic (exact) mass is 367 g/mol. The first-order valence-electron chi connectivity index (χ1n) is 5.91. The predicted molar refractivity (Wildman–Crippen MR) is 77.8 cm³/mol. The summed E-state index contributed by atoms with van der Waals surface area (Å²) in [6, 6.07) is 2.06. The van der Waals surface area contributed by atoms with E-state index in [2.05, 4.69) is 30.5 Å². The quantitative estimate of drug-likeness (QED) is 0.779. The zero-order valence-electron chi connectivity index (χ0n) is 10.4. The van der Waals surface area contributed by atoms with Crippen molar-refractivity contribution >= 4 is 37.6 Å².